The first-order chi connectivity index (χ1) is 8.58. The summed E-state index contributed by atoms with van der Waals surface area (Å²) < 4.78 is 9.91. The lowest BCUT2D eigenvalue weighted by atomic mass is 10.2. The van der Waals surface area contributed by atoms with Crippen LogP contribution >= 0.6 is 0 Å². The fourth-order valence-electron chi connectivity index (χ4n) is 1.42. The number of carbonyl (C=O) groups is 1. The van der Waals surface area contributed by atoms with Gasteiger partial charge in [0.1, 0.15) is 10.7 Å². The number of amides is 1. The quantitative estimate of drug-likeness (QED) is 0.662. The predicted molar refractivity (Wildman–Crippen MR) is 60.0 cm³/mol. The predicted octanol–water partition coefficient (Wildman–Crippen LogP) is 2.27. The van der Waals surface area contributed by atoms with Crippen molar-refractivity contribution >= 4 is 11.8 Å². The number of carbonyl (C=O) groups excluding carboxylic acids is 1. The second-order valence-corrected chi connectivity index (χ2v) is 3.61. The summed E-state index contributed by atoms with van der Waals surface area (Å²) in [6, 6.07) is 5.46. The standard InChI is InChI=1S/C11H10N2O5/c1-7(8-3-2-6-17-8)12-11(14)9-4-5-10(18-9)13(15)16/h2-7H,1H3,(H,12,14)/t7-/m1/s1. The molecule has 7 nitrogen and oxygen atoms in total. The molecule has 7 heteroatoms. The molecule has 0 aromatic carbocycles. The van der Waals surface area contributed by atoms with Gasteiger partial charge in [-0.05, 0) is 25.1 Å². The van der Waals surface area contributed by atoms with Gasteiger partial charge in [-0.1, -0.05) is 0 Å². The van der Waals surface area contributed by atoms with Crippen LogP contribution in [0.5, 0.6) is 0 Å². The molecule has 2 heterocycles. The number of hydrogen-bond donors (Lipinski definition) is 1. The number of nitrogens with one attached hydrogen (secondary N) is 1. The summed E-state index contributed by atoms with van der Waals surface area (Å²) in [7, 11) is 0. The van der Waals surface area contributed by atoms with Crippen molar-refractivity contribution in [3.63, 3.8) is 0 Å². The minimum Gasteiger partial charge on any atom is -0.467 e. The summed E-state index contributed by atoms with van der Waals surface area (Å²) in [6.07, 6.45) is 1.50. The van der Waals surface area contributed by atoms with Crippen molar-refractivity contribution in [2.45, 2.75) is 13.0 Å². The number of furan rings is 2. The zero-order chi connectivity index (χ0) is 13.1. The minimum atomic E-state index is -0.702. The van der Waals surface area contributed by atoms with Gasteiger partial charge in [-0.25, -0.2) is 0 Å². The largest absolute Gasteiger partial charge is 0.467 e. The molecule has 94 valence electrons. The molecule has 0 radical (unpaired) electrons. The lowest BCUT2D eigenvalue weighted by Crippen LogP contribution is -2.25. The second-order valence-electron chi connectivity index (χ2n) is 3.61. The van der Waals surface area contributed by atoms with Crippen molar-refractivity contribution < 1.29 is 18.6 Å². The van der Waals surface area contributed by atoms with Gasteiger partial charge < -0.3 is 14.2 Å². The average Bonchev–Trinajstić information content (AvgIpc) is 3.00. The lowest BCUT2D eigenvalue weighted by molar-refractivity contribution is -0.402. The number of hydrogen-bond acceptors (Lipinski definition) is 5. The van der Waals surface area contributed by atoms with Gasteiger partial charge in [0, 0.05) is 0 Å². The van der Waals surface area contributed by atoms with Crippen LogP contribution in [0.2, 0.25) is 0 Å². The molecule has 0 fully saturated rings. The normalized spacial score (nSPS) is 12.1. The topological polar surface area (TPSA) is 98.5 Å². The van der Waals surface area contributed by atoms with Crippen LogP contribution in [-0.2, 0) is 0 Å². The molecule has 1 atom stereocenters. The van der Waals surface area contributed by atoms with Gasteiger partial charge >= 0.3 is 5.88 Å². The highest BCUT2D eigenvalue weighted by molar-refractivity contribution is 5.91. The average molecular weight is 250 g/mol. The van der Waals surface area contributed by atoms with Crippen LogP contribution in [0.4, 0.5) is 5.88 Å². The lowest BCUT2D eigenvalue weighted by Gasteiger charge is -2.09. The van der Waals surface area contributed by atoms with E-state index >= 15 is 0 Å². The Balaban J connectivity index is 2.05. The maximum Gasteiger partial charge on any atom is 0.433 e. The molecule has 0 bridgehead atoms. The Morgan fingerprint density at radius 2 is 2.22 bits per heavy atom. The molecule has 2 rings (SSSR count). The monoisotopic (exact) mass is 250 g/mol. The third kappa shape index (κ3) is 2.40. The van der Waals surface area contributed by atoms with E-state index in [1.807, 2.05) is 0 Å². The van der Waals surface area contributed by atoms with E-state index in [9.17, 15) is 14.9 Å². The molecule has 2 aromatic heterocycles. The molecule has 0 saturated heterocycles. The fourth-order valence-corrected chi connectivity index (χ4v) is 1.42. The van der Waals surface area contributed by atoms with Gasteiger partial charge in [0.25, 0.3) is 5.91 Å². The van der Waals surface area contributed by atoms with Crippen LogP contribution in [-0.4, -0.2) is 10.8 Å². The van der Waals surface area contributed by atoms with E-state index in [2.05, 4.69) is 5.32 Å². The van der Waals surface area contributed by atoms with E-state index < -0.39 is 16.7 Å². The molecule has 0 saturated carbocycles. The first-order valence-corrected chi connectivity index (χ1v) is 5.16. The van der Waals surface area contributed by atoms with Crippen LogP contribution in [0.25, 0.3) is 0 Å². The molecule has 18 heavy (non-hydrogen) atoms. The second kappa shape index (κ2) is 4.74. The van der Waals surface area contributed by atoms with Crippen LogP contribution in [0.1, 0.15) is 29.3 Å². The molecular formula is C11H10N2O5. The molecule has 0 aliphatic rings. The first kappa shape index (κ1) is 11.9. The van der Waals surface area contributed by atoms with Gasteiger partial charge in [0.05, 0.1) is 18.4 Å². The van der Waals surface area contributed by atoms with Gasteiger partial charge in [-0.2, -0.15) is 0 Å². The van der Waals surface area contributed by atoms with Crippen LogP contribution in [0.3, 0.4) is 0 Å². The summed E-state index contributed by atoms with van der Waals surface area (Å²) >= 11 is 0. The maximum atomic E-state index is 11.7. The Morgan fingerprint density at radius 1 is 1.44 bits per heavy atom. The summed E-state index contributed by atoms with van der Waals surface area (Å²) in [5.74, 6) is -0.526. The molecule has 0 unspecified atom stereocenters. The molecular weight excluding hydrogens is 240 g/mol. The van der Waals surface area contributed by atoms with Crippen LogP contribution < -0.4 is 5.32 Å². The van der Waals surface area contributed by atoms with Crippen molar-refractivity contribution in [3.8, 4) is 0 Å². The number of nitrogens with zero attached hydrogens (tertiary/aromatic N) is 1. The van der Waals surface area contributed by atoms with Crippen molar-refractivity contribution in [1.82, 2.24) is 5.32 Å². The van der Waals surface area contributed by atoms with Crippen molar-refractivity contribution in [3.05, 3.63) is 52.2 Å². The number of nitro groups is 1. The van der Waals surface area contributed by atoms with Crippen LogP contribution in [0, 0.1) is 10.1 Å². The zero-order valence-electron chi connectivity index (χ0n) is 9.45. The fraction of sp³-hybridized carbons (Fsp3) is 0.182. The van der Waals surface area contributed by atoms with E-state index in [0.717, 1.165) is 6.07 Å². The van der Waals surface area contributed by atoms with E-state index in [1.54, 1.807) is 19.1 Å². The van der Waals surface area contributed by atoms with Crippen molar-refractivity contribution in [2.24, 2.45) is 0 Å². The van der Waals surface area contributed by atoms with Crippen molar-refractivity contribution in [2.75, 3.05) is 0 Å². The van der Waals surface area contributed by atoms with Crippen molar-refractivity contribution in [1.29, 1.82) is 0 Å². The molecule has 0 aliphatic heterocycles. The van der Waals surface area contributed by atoms with E-state index in [4.69, 9.17) is 8.83 Å². The summed E-state index contributed by atoms with van der Waals surface area (Å²) in [6.45, 7) is 1.73. The minimum absolute atomic E-state index is 0.111. The smallest absolute Gasteiger partial charge is 0.433 e. The van der Waals surface area contributed by atoms with E-state index in [1.165, 1.54) is 12.3 Å². The van der Waals surface area contributed by atoms with Gasteiger partial charge in [0.2, 0.25) is 0 Å². The molecule has 0 spiro atoms. The third-order valence-electron chi connectivity index (χ3n) is 2.31. The van der Waals surface area contributed by atoms with Gasteiger partial charge in [-0.3, -0.25) is 14.9 Å². The van der Waals surface area contributed by atoms with Gasteiger partial charge in [-0.15, -0.1) is 0 Å². The SMILES string of the molecule is C[C@@H](NC(=O)c1ccc([N+](=O)[O-])o1)c1ccco1. The Labute approximate surface area is 102 Å². The summed E-state index contributed by atoms with van der Waals surface area (Å²) in [4.78, 5) is 21.4. The first-order valence-electron chi connectivity index (χ1n) is 5.16. The van der Waals surface area contributed by atoms with Crippen LogP contribution in [0.15, 0.2) is 39.4 Å². The maximum absolute atomic E-state index is 11.7. The molecule has 1 amide bonds. The third-order valence-corrected chi connectivity index (χ3v) is 2.31. The Bertz CT molecular complexity index is 558. The molecule has 1 N–H and O–H groups in total. The molecule has 2 aromatic rings. The zero-order valence-corrected chi connectivity index (χ0v) is 9.45. The Kier molecular flexibility index (Phi) is 3.13. The van der Waals surface area contributed by atoms with E-state index in [0.29, 0.717) is 5.76 Å². The summed E-state index contributed by atoms with van der Waals surface area (Å²) in [5.41, 5.74) is 0. The highest BCUT2D eigenvalue weighted by atomic mass is 16.6. The van der Waals surface area contributed by atoms with Gasteiger partial charge in [0.15, 0.2) is 5.76 Å². The molecule has 0 aliphatic carbocycles. The highest BCUT2D eigenvalue weighted by Crippen LogP contribution is 2.17. The Morgan fingerprint density at radius 3 is 2.78 bits per heavy atom. The van der Waals surface area contributed by atoms with E-state index in [-0.39, 0.29) is 11.8 Å². The highest BCUT2D eigenvalue weighted by Gasteiger charge is 2.19. The summed E-state index contributed by atoms with van der Waals surface area (Å²) in [5, 5.41) is 13.0. The Hall–Kier alpha value is -2.57. The number of rotatable bonds is 4.